The Morgan fingerprint density at radius 2 is 1.51 bits per heavy atom. The van der Waals surface area contributed by atoms with E-state index < -0.39 is 28.9 Å². The third-order valence-electron chi connectivity index (χ3n) is 6.17. The number of carbonyl (C=O) groups is 4. The van der Waals surface area contributed by atoms with Gasteiger partial charge in [0.05, 0.1) is 10.8 Å². The van der Waals surface area contributed by atoms with Crippen LogP contribution in [-0.2, 0) is 9.59 Å². The van der Waals surface area contributed by atoms with E-state index in [-0.39, 0.29) is 22.7 Å². The highest BCUT2D eigenvalue weighted by Crippen LogP contribution is 2.29. The number of amides is 3. The van der Waals surface area contributed by atoms with Gasteiger partial charge < -0.3 is 21.1 Å². The van der Waals surface area contributed by atoms with Gasteiger partial charge in [-0.2, -0.15) is 0 Å². The van der Waals surface area contributed by atoms with Crippen LogP contribution in [0.25, 0.3) is 6.08 Å². The smallest absolute Gasteiger partial charge is 0.335 e. The summed E-state index contributed by atoms with van der Waals surface area (Å²) in [5, 5.41) is 16.7. The first-order chi connectivity index (χ1) is 20.7. The van der Waals surface area contributed by atoms with E-state index in [1.165, 1.54) is 60.3 Å². The second kappa shape index (κ2) is 14.6. The summed E-state index contributed by atoms with van der Waals surface area (Å²) in [5.74, 6) is -3.06. The predicted octanol–water partition coefficient (Wildman–Crippen LogP) is 6.44. The van der Waals surface area contributed by atoms with Crippen LogP contribution < -0.4 is 16.0 Å². The summed E-state index contributed by atoms with van der Waals surface area (Å²) in [5.41, 5.74) is 1.29. The van der Waals surface area contributed by atoms with Gasteiger partial charge in [-0.25, -0.2) is 9.18 Å². The molecule has 0 aliphatic heterocycles. The van der Waals surface area contributed by atoms with Crippen molar-refractivity contribution in [2.24, 2.45) is 0 Å². The van der Waals surface area contributed by atoms with Gasteiger partial charge in [0.25, 0.3) is 11.8 Å². The molecule has 4 rings (SSSR count). The molecular formula is C33H28FN3O5S. The number of benzene rings is 4. The number of hydrogen-bond acceptors (Lipinski definition) is 5. The third-order valence-corrected chi connectivity index (χ3v) is 7.52. The minimum atomic E-state index is -1.06. The van der Waals surface area contributed by atoms with Crippen molar-refractivity contribution in [1.82, 2.24) is 5.32 Å². The molecular weight excluding hydrogens is 569 g/mol. The Morgan fingerprint density at radius 1 is 0.814 bits per heavy atom. The molecule has 10 heteroatoms. The number of thioether (sulfide) groups is 1. The summed E-state index contributed by atoms with van der Waals surface area (Å²) in [7, 11) is 0. The number of carboxylic acids is 1. The van der Waals surface area contributed by atoms with Gasteiger partial charge in [-0.3, -0.25) is 14.4 Å². The van der Waals surface area contributed by atoms with Crippen LogP contribution in [-0.4, -0.2) is 34.0 Å². The summed E-state index contributed by atoms with van der Waals surface area (Å²) in [6.45, 7) is 1.87. The first-order valence-electron chi connectivity index (χ1n) is 13.3. The highest BCUT2D eigenvalue weighted by Gasteiger charge is 2.20. The zero-order chi connectivity index (χ0) is 30.8. The monoisotopic (exact) mass is 597 g/mol. The van der Waals surface area contributed by atoms with Crippen LogP contribution in [0, 0.1) is 5.82 Å². The van der Waals surface area contributed by atoms with Crippen molar-refractivity contribution in [3.8, 4) is 0 Å². The Kier molecular flexibility index (Phi) is 10.4. The molecule has 0 aromatic heterocycles. The Balaban J connectivity index is 1.49. The lowest BCUT2D eigenvalue weighted by atomic mass is 10.1. The van der Waals surface area contributed by atoms with E-state index >= 15 is 0 Å². The summed E-state index contributed by atoms with van der Waals surface area (Å²) in [6, 6.07) is 27.0. The van der Waals surface area contributed by atoms with Gasteiger partial charge in [-0.15, -0.1) is 11.8 Å². The van der Waals surface area contributed by atoms with E-state index in [9.17, 15) is 23.6 Å². The zero-order valence-electron chi connectivity index (χ0n) is 23.0. The molecule has 3 amide bonds. The van der Waals surface area contributed by atoms with Gasteiger partial charge in [0, 0.05) is 27.4 Å². The molecule has 4 N–H and O–H groups in total. The summed E-state index contributed by atoms with van der Waals surface area (Å²) < 4.78 is 14.4. The maximum Gasteiger partial charge on any atom is 0.335 e. The number of nitrogens with one attached hydrogen (secondary N) is 3. The van der Waals surface area contributed by atoms with Crippen molar-refractivity contribution in [3.63, 3.8) is 0 Å². The third kappa shape index (κ3) is 8.64. The highest BCUT2D eigenvalue weighted by molar-refractivity contribution is 8.00. The Hall–Kier alpha value is -5.22. The fourth-order valence-corrected chi connectivity index (χ4v) is 4.95. The number of anilines is 2. The minimum absolute atomic E-state index is 0.116. The maximum atomic E-state index is 14.4. The first-order valence-corrected chi connectivity index (χ1v) is 14.2. The molecule has 218 valence electrons. The average Bonchev–Trinajstić information content (AvgIpc) is 3.01. The van der Waals surface area contributed by atoms with Crippen LogP contribution in [0.1, 0.15) is 39.6 Å². The average molecular weight is 598 g/mol. The molecule has 0 aliphatic rings. The predicted molar refractivity (Wildman–Crippen MR) is 165 cm³/mol. The quantitative estimate of drug-likeness (QED) is 0.116. The lowest BCUT2D eigenvalue weighted by Gasteiger charge is -2.16. The number of hydrogen-bond donors (Lipinski definition) is 4. The molecule has 8 nitrogen and oxygen atoms in total. The van der Waals surface area contributed by atoms with Gasteiger partial charge in [0.2, 0.25) is 5.91 Å². The fourth-order valence-electron chi connectivity index (χ4n) is 3.94. The minimum Gasteiger partial charge on any atom is -0.478 e. The number of aromatic carboxylic acids is 1. The van der Waals surface area contributed by atoms with Gasteiger partial charge in [-0.05, 0) is 73.2 Å². The fraction of sp³-hybridized carbons (Fsp3) is 0.0909. The molecule has 0 saturated heterocycles. The standard InChI is InChI=1S/C33H28FN3O5S/c1-2-29(32(40)35-24-17-15-22(16-18-24)33(41)42)43-26-13-8-12-25(20-26)36-31(39)28(19-23-11-6-7-14-27(23)34)37-30(38)21-9-4-3-5-10-21/h3-20,29H,2H2,1H3,(H,35,40)(H,36,39)(H,37,38)(H,41,42)/b28-19-. The van der Waals surface area contributed by atoms with Crippen LogP contribution in [0.3, 0.4) is 0 Å². The summed E-state index contributed by atoms with van der Waals surface area (Å²) >= 11 is 1.29. The van der Waals surface area contributed by atoms with Gasteiger partial charge >= 0.3 is 5.97 Å². The van der Waals surface area contributed by atoms with E-state index in [0.717, 1.165) is 0 Å². The first kappa shape index (κ1) is 30.7. The summed E-state index contributed by atoms with van der Waals surface area (Å²) in [6.07, 6.45) is 1.77. The van der Waals surface area contributed by atoms with Crippen molar-refractivity contribution >= 4 is 52.9 Å². The van der Waals surface area contributed by atoms with Crippen LogP contribution in [0.15, 0.2) is 114 Å². The molecule has 1 unspecified atom stereocenters. The van der Waals surface area contributed by atoms with Crippen LogP contribution in [0.4, 0.5) is 15.8 Å². The number of rotatable bonds is 11. The van der Waals surface area contributed by atoms with Crippen molar-refractivity contribution in [1.29, 1.82) is 0 Å². The van der Waals surface area contributed by atoms with Crippen molar-refractivity contribution in [3.05, 3.63) is 131 Å². The van der Waals surface area contributed by atoms with E-state index in [1.807, 2.05) is 6.92 Å². The van der Waals surface area contributed by atoms with Gasteiger partial charge in [-0.1, -0.05) is 49.4 Å². The Morgan fingerprint density at radius 3 is 2.19 bits per heavy atom. The SMILES string of the molecule is CCC(Sc1cccc(NC(=O)/C(=C/c2ccccc2F)NC(=O)c2ccccc2)c1)C(=O)Nc1ccc(C(=O)O)cc1. The largest absolute Gasteiger partial charge is 0.478 e. The zero-order valence-corrected chi connectivity index (χ0v) is 23.9. The van der Waals surface area contributed by atoms with Crippen molar-refractivity contribution < 1.29 is 28.7 Å². The van der Waals surface area contributed by atoms with E-state index in [0.29, 0.717) is 28.3 Å². The van der Waals surface area contributed by atoms with Gasteiger partial charge in [0.1, 0.15) is 11.5 Å². The van der Waals surface area contributed by atoms with Crippen molar-refractivity contribution in [2.75, 3.05) is 10.6 Å². The Labute approximate surface area is 252 Å². The molecule has 1 atom stereocenters. The van der Waals surface area contributed by atoms with Crippen LogP contribution in [0.5, 0.6) is 0 Å². The second-order valence-corrected chi connectivity index (χ2v) is 10.5. The molecule has 0 aliphatic carbocycles. The normalized spacial score (nSPS) is 11.7. The lowest BCUT2D eigenvalue weighted by Crippen LogP contribution is -2.30. The van der Waals surface area contributed by atoms with E-state index in [1.54, 1.807) is 60.7 Å². The maximum absolute atomic E-state index is 14.4. The Bertz CT molecular complexity index is 1660. The van der Waals surface area contributed by atoms with E-state index in [2.05, 4.69) is 16.0 Å². The van der Waals surface area contributed by atoms with Crippen LogP contribution in [0.2, 0.25) is 0 Å². The van der Waals surface area contributed by atoms with E-state index in [4.69, 9.17) is 5.11 Å². The molecule has 0 heterocycles. The molecule has 0 radical (unpaired) electrons. The number of carbonyl (C=O) groups excluding carboxylic acids is 3. The highest BCUT2D eigenvalue weighted by atomic mass is 32.2. The van der Waals surface area contributed by atoms with Crippen molar-refractivity contribution in [2.45, 2.75) is 23.5 Å². The second-order valence-electron chi connectivity index (χ2n) is 9.27. The molecule has 4 aromatic carbocycles. The lowest BCUT2D eigenvalue weighted by molar-refractivity contribution is -0.116. The topological polar surface area (TPSA) is 125 Å². The van der Waals surface area contributed by atoms with Crippen LogP contribution >= 0.6 is 11.8 Å². The molecule has 0 spiro atoms. The molecule has 0 fully saturated rings. The molecule has 4 aromatic rings. The molecule has 0 saturated carbocycles. The number of carboxylic acid groups (broad SMARTS) is 1. The molecule has 0 bridgehead atoms. The summed E-state index contributed by atoms with van der Waals surface area (Å²) in [4.78, 5) is 50.9. The van der Waals surface area contributed by atoms with Gasteiger partial charge in [0.15, 0.2) is 0 Å². The molecule has 43 heavy (non-hydrogen) atoms. The number of halogens is 1.